The monoisotopic (exact) mass is 385 g/mol. The van der Waals surface area contributed by atoms with Crippen molar-refractivity contribution in [3.63, 3.8) is 0 Å². The van der Waals surface area contributed by atoms with Crippen molar-refractivity contribution in [2.45, 2.75) is 18.8 Å². The average Bonchev–Trinajstić information content (AvgIpc) is 2.69. The Morgan fingerprint density at radius 3 is 1.86 bits per heavy atom. The summed E-state index contributed by atoms with van der Waals surface area (Å²) in [6.07, 6.45) is -4.65. The van der Waals surface area contributed by atoms with Gasteiger partial charge in [0.15, 0.2) is 6.04 Å². The van der Waals surface area contributed by atoms with Gasteiger partial charge in [-0.2, -0.15) is 13.2 Å². The van der Waals surface area contributed by atoms with Crippen LogP contribution in [0.3, 0.4) is 0 Å². The molecule has 3 aromatic rings. The molecule has 0 aliphatic heterocycles. The van der Waals surface area contributed by atoms with Crippen molar-refractivity contribution >= 4 is 5.97 Å². The van der Waals surface area contributed by atoms with Gasteiger partial charge in [0.1, 0.15) is 0 Å². The molecule has 1 atom stereocenters. The fraction of sp³-hybridized carbons (Fsp3) is 0.136. The molecule has 28 heavy (non-hydrogen) atoms. The Morgan fingerprint density at radius 1 is 0.821 bits per heavy atom. The minimum atomic E-state index is -4.65. The number of carbonyl (C=O) groups excluding carboxylic acids is 1. The molecule has 0 fully saturated rings. The van der Waals surface area contributed by atoms with E-state index in [2.05, 4.69) is 0 Å². The van der Waals surface area contributed by atoms with Gasteiger partial charge in [-0.1, -0.05) is 78.9 Å². The lowest BCUT2D eigenvalue weighted by molar-refractivity contribution is -0.258. The van der Waals surface area contributed by atoms with Crippen molar-refractivity contribution in [3.05, 3.63) is 108 Å². The van der Waals surface area contributed by atoms with Crippen LogP contribution in [0.15, 0.2) is 91.0 Å². The summed E-state index contributed by atoms with van der Waals surface area (Å²) in [6, 6.07) is 21.8. The molecule has 3 rings (SSSR count). The molecule has 0 saturated heterocycles. The lowest BCUT2D eigenvalue weighted by Gasteiger charge is -2.31. The topological polar surface area (TPSA) is 29.5 Å². The highest BCUT2D eigenvalue weighted by molar-refractivity contribution is 5.89. The van der Waals surface area contributed by atoms with Gasteiger partial charge < -0.3 is 4.84 Å². The van der Waals surface area contributed by atoms with E-state index >= 15 is 0 Å². The van der Waals surface area contributed by atoms with E-state index in [1.54, 1.807) is 54.6 Å². The van der Waals surface area contributed by atoms with E-state index in [1.807, 2.05) is 0 Å². The van der Waals surface area contributed by atoms with Gasteiger partial charge in [0.2, 0.25) is 0 Å². The molecular weight excluding hydrogens is 367 g/mol. The fourth-order valence-corrected chi connectivity index (χ4v) is 2.83. The van der Waals surface area contributed by atoms with Crippen LogP contribution in [0.4, 0.5) is 13.2 Å². The zero-order chi connectivity index (χ0) is 20.0. The predicted molar refractivity (Wildman–Crippen MR) is 99.1 cm³/mol. The standard InChI is InChI=1S/C22H18F3NO2/c23-22(24,25)20(18-12-6-2-7-13-18)26(16-17-10-4-1-5-11-17)28-21(27)19-14-8-3-9-15-19/h1-15,20H,16H2. The summed E-state index contributed by atoms with van der Waals surface area (Å²) in [7, 11) is 0. The van der Waals surface area contributed by atoms with E-state index in [4.69, 9.17) is 4.84 Å². The van der Waals surface area contributed by atoms with Crippen LogP contribution in [0.1, 0.15) is 27.5 Å². The van der Waals surface area contributed by atoms with Gasteiger partial charge in [0, 0.05) is 0 Å². The minimum absolute atomic E-state index is 0.00760. The maximum Gasteiger partial charge on any atom is 0.411 e. The van der Waals surface area contributed by atoms with E-state index in [0.717, 1.165) is 0 Å². The molecule has 0 bridgehead atoms. The van der Waals surface area contributed by atoms with Crippen molar-refractivity contribution in [1.82, 2.24) is 5.06 Å². The van der Waals surface area contributed by atoms with Gasteiger partial charge in [-0.25, -0.2) is 4.79 Å². The number of hydrogen-bond donors (Lipinski definition) is 0. The smallest absolute Gasteiger partial charge is 0.363 e. The molecule has 3 nitrogen and oxygen atoms in total. The van der Waals surface area contributed by atoms with Gasteiger partial charge in [-0.05, 0) is 23.3 Å². The van der Waals surface area contributed by atoms with Crippen LogP contribution in [0.25, 0.3) is 0 Å². The first-order chi connectivity index (χ1) is 13.4. The van der Waals surface area contributed by atoms with Crippen LogP contribution in [0, 0.1) is 0 Å². The van der Waals surface area contributed by atoms with Crippen LogP contribution < -0.4 is 0 Å². The van der Waals surface area contributed by atoms with Gasteiger partial charge >= 0.3 is 12.1 Å². The summed E-state index contributed by atoms with van der Waals surface area (Å²) < 4.78 is 41.9. The fourth-order valence-electron chi connectivity index (χ4n) is 2.83. The normalized spacial score (nSPS) is 12.6. The summed E-state index contributed by atoms with van der Waals surface area (Å²) in [5.74, 6) is -0.846. The Balaban J connectivity index is 1.97. The van der Waals surface area contributed by atoms with Crippen molar-refractivity contribution in [1.29, 1.82) is 0 Å². The number of carbonyl (C=O) groups is 1. The molecule has 0 saturated carbocycles. The number of rotatable bonds is 6. The third-order valence-electron chi connectivity index (χ3n) is 4.10. The summed E-state index contributed by atoms with van der Waals surface area (Å²) in [5.41, 5.74) is 0.759. The largest absolute Gasteiger partial charge is 0.411 e. The molecule has 0 aromatic heterocycles. The van der Waals surface area contributed by atoms with Crippen LogP contribution >= 0.6 is 0 Å². The highest BCUT2D eigenvalue weighted by Gasteiger charge is 2.46. The first kappa shape index (κ1) is 19.6. The quantitative estimate of drug-likeness (QED) is 0.520. The first-order valence-electron chi connectivity index (χ1n) is 8.65. The highest BCUT2D eigenvalue weighted by atomic mass is 19.4. The minimum Gasteiger partial charge on any atom is -0.363 e. The van der Waals surface area contributed by atoms with E-state index in [1.165, 1.54) is 36.4 Å². The molecular formula is C22H18F3NO2. The number of nitrogens with zero attached hydrogens (tertiary/aromatic N) is 1. The average molecular weight is 385 g/mol. The Bertz CT molecular complexity index is 884. The lowest BCUT2D eigenvalue weighted by atomic mass is 10.1. The van der Waals surface area contributed by atoms with Gasteiger partial charge in [-0.3, -0.25) is 0 Å². The second kappa shape index (κ2) is 8.71. The Hall–Kier alpha value is -3.12. The lowest BCUT2D eigenvalue weighted by Crippen LogP contribution is -2.39. The zero-order valence-corrected chi connectivity index (χ0v) is 14.8. The van der Waals surface area contributed by atoms with Gasteiger partial charge in [-0.15, -0.1) is 5.06 Å². The molecule has 0 spiro atoms. The van der Waals surface area contributed by atoms with Crippen molar-refractivity contribution in [2.75, 3.05) is 0 Å². The summed E-state index contributed by atoms with van der Waals surface area (Å²) in [4.78, 5) is 17.7. The summed E-state index contributed by atoms with van der Waals surface area (Å²) in [6.45, 7) is -0.210. The molecule has 144 valence electrons. The van der Waals surface area contributed by atoms with Crippen molar-refractivity contribution < 1.29 is 22.8 Å². The number of alkyl halides is 3. The van der Waals surface area contributed by atoms with E-state index in [9.17, 15) is 18.0 Å². The second-order valence-electron chi connectivity index (χ2n) is 6.16. The zero-order valence-electron chi connectivity index (χ0n) is 14.8. The Labute approximate surface area is 160 Å². The molecule has 0 heterocycles. The van der Waals surface area contributed by atoms with E-state index in [-0.39, 0.29) is 17.7 Å². The maximum atomic E-state index is 14.0. The number of benzene rings is 3. The van der Waals surface area contributed by atoms with Crippen LogP contribution in [0.5, 0.6) is 0 Å². The number of hydrogen-bond acceptors (Lipinski definition) is 3. The first-order valence-corrected chi connectivity index (χ1v) is 8.65. The predicted octanol–water partition coefficient (Wildman–Crippen LogP) is 5.56. The maximum absolute atomic E-state index is 14.0. The third kappa shape index (κ3) is 4.98. The van der Waals surface area contributed by atoms with E-state index in [0.29, 0.717) is 10.6 Å². The van der Waals surface area contributed by atoms with Gasteiger partial charge in [0.25, 0.3) is 0 Å². The van der Waals surface area contributed by atoms with Gasteiger partial charge in [0.05, 0.1) is 12.1 Å². The van der Waals surface area contributed by atoms with Crippen molar-refractivity contribution in [2.24, 2.45) is 0 Å². The highest BCUT2D eigenvalue weighted by Crippen LogP contribution is 2.38. The molecule has 0 aliphatic rings. The molecule has 0 aliphatic carbocycles. The van der Waals surface area contributed by atoms with Crippen molar-refractivity contribution in [3.8, 4) is 0 Å². The molecule has 0 N–H and O–H groups in total. The molecule has 0 radical (unpaired) electrons. The molecule has 3 aromatic carbocycles. The number of hydroxylamine groups is 2. The summed E-state index contributed by atoms with van der Waals surface area (Å²) >= 11 is 0. The van der Waals surface area contributed by atoms with Crippen LogP contribution in [-0.4, -0.2) is 17.2 Å². The SMILES string of the molecule is O=C(ON(Cc1ccccc1)C(c1ccccc1)C(F)(F)F)c1ccccc1. The number of halogens is 3. The Morgan fingerprint density at radius 2 is 1.32 bits per heavy atom. The Kier molecular flexibility index (Phi) is 6.11. The molecule has 0 amide bonds. The third-order valence-corrected chi connectivity index (χ3v) is 4.10. The summed E-state index contributed by atoms with van der Waals surface area (Å²) in [5, 5.41) is 0.694. The van der Waals surface area contributed by atoms with Crippen LogP contribution in [-0.2, 0) is 11.4 Å². The second-order valence-corrected chi connectivity index (χ2v) is 6.16. The molecule has 1 unspecified atom stereocenters. The van der Waals surface area contributed by atoms with Crippen LogP contribution in [0.2, 0.25) is 0 Å². The van der Waals surface area contributed by atoms with E-state index < -0.39 is 18.2 Å². The molecule has 6 heteroatoms.